The third-order valence-electron chi connectivity index (χ3n) is 3.11. The number of hydrogen-bond acceptors (Lipinski definition) is 3. The zero-order valence-corrected chi connectivity index (χ0v) is 8.04. The minimum absolute atomic E-state index is 0.193. The Morgan fingerprint density at radius 3 is 2.80 bits per heavy atom. The second-order valence-corrected chi connectivity index (χ2v) is 3.97. The molecule has 0 spiro atoms. The monoisotopic (exact) mass is 208 g/mol. The summed E-state index contributed by atoms with van der Waals surface area (Å²) in [6, 6.07) is 0. The van der Waals surface area contributed by atoms with Gasteiger partial charge in [0.2, 0.25) is 0 Å². The lowest BCUT2D eigenvalue weighted by Crippen LogP contribution is -2.42. The highest BCUT2D eigenvalue weighted by atomic mass is 16.4. The number of carbonyl (C=O) groups excluding carboxylic acids is 1. The third kappa shape index (κ3) is 1.61. The van der Waals surface area contributed by atoms with E-state index >= 15 is 0 Å². The average Bonchev–Trinajstić information content (AvgIpc) is 2.23. The lowest BCUT2D eigenvalue weighted by atomic mass is 9.69. The van der Waals surface area contributed by atoms with E-state index in [4.69, 9.17) is 5.11 Å². The summed E-state index contributed by atoms with van der Waals surface area (Å²) in [4.78, 5) is 22.5. The number of aliphatic carboxylic acids is 1. The van der Waals surface area contributed by atoms with Gasteiger partial charge < -0.3 is 10.2 Å². The van der Waals surface area contributed by atoms with E-state index in [1.807, 2.05) is 0 Å². The molecular formula is C11H12O4. The number of rotatable bonds is 1. The third-order valence-corrected chi connectivity index (χ3v) is 3.11. The van der Waals surface area contributed by atoms with Crippen LogP contribution in [0.4, 0.5) is 0 Å². The van der Waals surface area contributed by atoms with Crippen LogP contribution in [-0.2, 0) is 9.59 Å². The fourth-order valence-electron chi connectivity index (χ4n) is 2.34. The number of aliphatic hydroxyl groups excluding tert-OH is 1. The highest BCUT2D eigenvalue weighted by Crippen LogP contribution is 2.36. The quantitative estimate of drug-likeness (QED) is 0.611. The van der Waals surface area contributed by atoms with E-state index in [-0.39, 0.29) is 11.7 Å². The average molecular weight is 208 g/mol. The Bertz CT molecular complexity index is 356. The van der Waals surface area contributed by atoms with Gasteiger partial charge >= 0.3 is 5.97 Å². The maximum atomic E-state index is 11.6. The van der Waals surface area contributed by atoms with Gasteiger partial charge in [-0.05, 0) is 12.5 Å². The van der Waals surface area contributed by atoms with Crippen LogP contribution in [0.2, 0.25) is 0 Å². The summed E-state index contributed by atoms with van der Waals surface area (Å²) in [5.41, 5.74) is 0. The molecule has 4 heteroatoms. The number of ketones is 1. The van der Waals surface area contributed by atoms with Gasteiger partial charge in [0, 0.05) is 11.8 Å². The molecule has 0 bridgehead atoms. The van der Waals surface area contributed by atoms with E-state index in [9.17, 15) is 14.7 Å². The molecule has 0 fully saturated rings. The topological polar surface area (TPSA) is 74.6 Å². The largest absolute Gasteiger partial charge is 0.481 e. The number of fused-ring (bicyclic) bond motifs is 1. The molecule has 2 N–H and O–H groups in total. The van der Waals surface area contributed by atoms with Gasteiger partial charge in [-0.15, -0.1) is 0 Å². The van der Waals surface area contributed by atoms with Crippen molar-refractivity contribution in [2.24, 2.45) is 17.8 Å². The number of carboxylic acids is 1. The molecule has 15 heavy (non-hydrogen) atoms. The van der Waals surface area contributed by atoms with Crippen LogP contribution in [0.5, 0.6) is 0 Å². The predicted octanol–water partition coefficient (Wildman–Crippen LogP) is 0.379. The highest BCUT2D eigenvalue weighted by molar-refractivity contribution is 5.96. The van der Waals surface area contributed by atoms with E-state index < -0.39 is 23.9 Å². The summed E-state index contributed by atoms with van der Waals surface area (Å²) in [5.74, 6) is -2.88. The second kappa shape index (κ2) is 3.62. The molecule has 0 aromatic heterocycles. The summed E-state index contributed by atoms with van der Waals surface area (Å²) in [7, 11) is 0. The number of aliphatic hydroxyl groups is 1. The van der Waals surface area contributed by atoms with E-state index in [0.717, 1.165) is 0 Å². The summed E-state index contributed by atoms with van der Waals surface area (Å²) >= 11 is 0. The van der Waals surface area contributed by atoms with Gasteiger partial charge in [-0.2, -0.15) is 0 Å². The summed E-state index contributed by atoms with van der Waals surface area (Å²) < 4.78 is 0. The maximum Gasteiger partial charge on any atom is 0.311 e. The first-order chi connectivity index (χ1) is 7.11. The van der Waals surface area contributed by atoms with Crippen molar-refractivity contribution >= 4 is 11.8 Å². The lowest BCUT2D eigenvalue weighted by Gasteiger charge is -2.35. The van der Waals surface area contributed by atoms with Gasteiger partial charge in [-0.25, -0.2) is 0 Å². The van der Waals surface area contributed by atoms with Crippen molar-refractivity contribution < 1.29 is 19.8 Å². The van der Waals surface area contributed by atoms with E-state index in [0.29, 0.717) is 6.42 Å². The second-order valence-electron chi connectivity index (χ2n) is 3.97. The normalized spacial score (nSPS) is 38.9. The Kier molecular flexibility index (Phi) is 2.44. The molecule has 2 rings (SSSR count). The first kappa shape index (κ1) is 10.1. The van der Waals surface area contributed by atoms with Crippen molar-refractivity contribution in [1.82, 2.24) is 0 Å². The highest BCUT2D eigenvalue weighted by Gasteiger charge is 2.43. The van der Waals surface area contributed by atoms with Crippen LogP contribution in [0.25, 0.3) is 0 Å². The molecule has 4 atom stereocenters. The van der Waals surface area contributed by atoms with Crippen LogP contribution in [0.1, 0.15) is 6.42 Å². The molecule has 0 aliphatic heterocycles. The maximum absolute atomic E-state index is 11.6. The first-order valence-electron chi connectivity index (χ1n) is 4.91. The van der Waals surface area contributed by atoms with Crippen molar-refractivity contribution in [2.75, 3.05) is 0 Å². The van der Waals surface area contributed by atoms with Gasteiger partial charge in [0.25, 0.3) is 0 Å². The van der Waals surface area contributed by atoms with Crippen molar-refractivity contribution in [3.05, 3.63) is 24.3 Å². The Hall–Kier alpha value is -1.42. The van der Waals surface area contributed by atoms with E-state index in [1.54, 1.807) is 12.2 Å². The van der Waals surface area contributed by atoms with Gasteiger partial charge in [0.1, 0.15) is 0 Å². The Balaban J connectivity index is 2.36. The fourth-order valence-corrected chi connectivity index (χ4v) is 2.34. The summed E-state index contributed by atoms with van der Waals surface area (Å²) in [6.45, 7) is 0. The zero-order chi connectivity index (χ0) is 11.0. The standard InChI is InChI=1S/C11H12O4/c12-8-4-5-9(13)10-6(8)2-1-3-7(10)11(14)15/h1,3-8,10,12H,2H2,(H,14,15). The number of allylic oxidation sites excluding steroid dienone is 2. The van der Waals surface area contributed by atoms with Crippen LogP contribution in [0, 0.1) is 17.8 Å². The van der Waals surface area contributed by atoms with Crippen LogP contribution in [0.15, 0.2) is 24.3 Å². The van der Waals surface area contributed by atoms with E-state index in [2.05, 4.69) is 0 Å². The minimum atomic E-state index is -1.00. The Morgan fingerprint density at radius 2 is 2.13 bits per heavy atom. The van der Waals surface area contributed by atoms with E-state index in [1.165, 1.54) is 12.2 Å². The molecule has 2 aliphatic rings. The molecule has 0 amide bonds. The minimum Gasteiger partial charge on any atom is -0.481 e. The molecule has 2 aliphatic carbocycles. The van der Waals surface area contributed by atoms with Crippen LogP contribution >= 0.6 is 0 Å². The number of hydrogen-bond donors (Lipinski definition) is 2. The molecule has 0 radical (unpaired) electrons. The summed E-state index contributed by atoms with van der Waals surface area (Å²) in [5, 5.41) is 18.6. The number of carbonyl (C=O) groups is 2. The van der Waals surface area contributed by atoms with Gasteiger partial charge in [-0.1, -0.05) is 18.2 Å². The Morgan fingerprint density at radius 1 is 1.40 bits per heavy atom. The van der Waals surface area contributed by atoms with Gasteiger partial charge in [0.15, 0.2) is 5.78 Å². The molecule has 0 heterocycles. The van der Waals surface area contributed by atoms with Crippen molar-refractivity contribution in [2.45, 2.75) is 12.5 Å². The SMILES string of the molecule is O=C(O)C1C=CCC2C(O)C=CC(=O)C12. The van der Waals surface area contributed by atoms with Crippen molar-refractivity contribution in [3.63, 3.8) is 0 Å². The molecule has 0 saturated carbocycles. The first-order valence-corrected chi connectivity index (χ1v) is 4.91. The molecule has 0 aromatic rings. The molecule has 4 unspecified atom stereocenters. The van der Waals surface area contributed by atoms with Gasteiger partial charge in [0.05, 0.1) is 12.0 Å². The number of carboxylic acid groups (broad SMARTS) is 1. The zero-order valence-electron chi connectivity index (χ0n) is 8.04. The summed E-state index contributed by atoms with van der Waals surface area (Å²) in [6.07, 6.45) is 5.87. The molecule has 0 saturated heterocycles. The molecule has 4 nitrogen and oxygen atoms in total. The fraction of sp³-hybridized carbons (Fsp3) is 0.455. The van der Waals surface area contributed by atoms with Crippen molar-refractivity contribution in [3.8, 4) is 0 Å². The predicted molar refractivity (Wildman–Crippen MR) is 52.0 cm³/mol. The molecule has 0 aromatic carbocycles. The van der Waals surface area contributed by atoms with Crippen LogP contribution in [0.3, 0.4) is 0 Å². The van der Waals surface area contributed by atoms with Gasteiger partial charge in [-0.3, -0.25) is 9.59 Å². The van der Waals surface area contributed by atoms with Crippen molar-refractivity contribution in [1.29, 1.82) is 0 Å². The lowest BCUT2D eigenvalue weighted by molar-refractivity contribution is -0.146. The molecular weight excluding hydrogens is 196 g/mol. The molecule has 80 valence electrons. The van der Waals surface area contributed by atoms with Crippen LogP contribution < -0.4 is 0 Å². The Labute approximate surface area is 86.9 Å². The van der Waals surface area contributed by atoms with Crippen LogP contribution in [-0.4, -0.2) is 28.1 Å². The smallest absolute Gasteiger partial charge is 0.311 e.